The number of carbonyl (C=O) groups excluding carboxylic acids is 2. The Morgan fingerprint density at radius 3 is 2.28 bits per heavy atom. The zero-order valence-electron chi connectivity index (χ0n) is 12.1. The molecule has 1 N–H and O–H groups in total. The smallest absolute Gasteiger partial charge is 0.408 e. The first-order valence-corrected chi connectivity index (χ1v) is 5.92. The second kappa shape index (κ2) is 7.20. The molecule has 0 aliphatic rings. The van der Waals surface area contributed by atoms with Crippen LogP contribution in [0.25, 0.3) is 0 Å². The summed E-state index contributed by atoms with van der Waals surface area (Å²) < 4.78 is 10.0. The fourth-order valence-corrected chi connectivity index (χ4v) is 0.997. The molecule has 6 heteroatoms. The summed E-state index contributed by atoms with van der Waals surface area (Å²) in [5.74, 6) is -0.470. The molecule has 0 aromatic rings. The maximum absolute atomic E-state index is 11.5. The first-order valence-electron chi connectivity index (χ1n) is 5.92. The van der Waals surface area contributed by atoms with E-state index in [1.807, 2.05) is 19.0 Å². The number of rotatable bonds is 5. The number of alkyl carbamates (subject to hydrolysis) is 1. The van der Waals surface area contributed by atoms with Gasteiger partial charge < -0.3 is 19.7 Å². The average Bonchev–Trinajstić information content (AvgIpc) is 2.13. The molecule has 6 nitrogen and oxygen atoms in total. The van der Waals surface area contributed by atoms with Crippen LogP contribution in [-0.4, -0.2) is 55.9 Å². The fourth-order valence-electron chi connectivity index (χ4n) is 0.997. The predicted molar refractivity (Wildman–Crippen MR) is 68.3 cm³/mol. The molecule has 0 aliphatic heterocycles. The molecule has 0 saturated carbocycles. The summed E-state index contributed by atoms with van der Waals surface area (Å²) in [7, 11) is 3.77. The Kier molecular flexibility index (Phi) is 6.68. The van der Waals surface area contributed by atoms with Gasteiger partial charge in [0.05, 0.1) is 0 Å². The Labute approximate surface area is 109 Å². The predicted octanol–water partition coefficient (Wildman–Crippen LogP) is 1.00. The van der Waals surface area contributed by atoms with Gasteiger partial charge in [-0.15, -0.1) is 0 Å². The Morgan fingerprint density at radius 2 is 1.83 bits per heavy atom. The van der Waals surface area contributed by atoms with Gasteiger partial charge in [0.2, 0.25) is 0 Å². The Balaban J connectivity index is 3.97. The summed E-state index contributed by atoms with van der Waals surface area (Å²) in [6, 6.07) is -0.720. The normalized spacial score (nSPS) is 13.1. The van der Waals surface area contributed by atoms with Crippen molar-refractivity contribution in [2.45, 2.75) is 39.3 Å². The summed E-state index contributed by atoms with van der Waals surface area (Å²) in [6.07, 6.45) is -0.625. The minimum absolute atomic E-state index is 0.298. The number of hydrogen-bond acceptors (Lipinski definition) is 5. The van der Waals surface area contributed by atoms with Gasteiger partial charge in [0.1, 0.15) is 18.2 Å². The van der Waals surface area contributed by atoms with E-state index in [9.17, 15) is 9.59 Å². The molecular weight excluding hydrogens is 236 g/mol. The third kappa shape index (κ3) is 8.81. The van der Waals surface area contributed by atoms with Crippen LogP contribution in [0.15, 0.2) is 0 Å². The quantitative estimate of drug-likeness (QED) is 0.747. The van der Waals surface area contributed by atoms with Crippen molar-refractivity contribution in [2.75, 3.05) is 27.2 Å². The van der Waals surface area contributed by atoms with Crippen LogP contribution in [0.4, 0.5) is 4.79 Å². The molecule has 0 rings (SSSR count). The summed E-state index contributed by atoms with van der Waals surface area (Å²) in [4.78, 5) is 24.8. The molecule has 0 heterocycles. The van der Waals surface area contributed by atoms with Crippen LogP contribution >= 0.6 is 0 Å². The highest BCUT2D eigenvalue weighted by molar-refractivity contribution is 5.80. The van der Waals surface area contributed by atoms with Gasteiger partial charge in [-0.2, -0.15) is 0 Å². The standard InChI is InChI=1S/C12H24N2O4/c1-9(10(15)17-8-7-14(5)6)13-11(16)18-12(2,3)4/h9H,7-8H2,1-6H3,(H,13,16)/t9-/m0/s1. The summed E-state index contributed by atoms with van der Waals surface area (Å²) in [5, 5.41) is 2.43. The number of carbonyl (C=O) groups is 2. The first kappa shape index (κ1) is 16.7. The molecule has 0 radical (unpaired) electrons. The second-order valence-corrected chi connectivity index (χ2v) is 5.34. The van der Waals surface area contributed by atoms with Crippen molar-refractivity contribution in [3.8, 4) is 0 Å². The number of hydrogen-bond donors (Lipinski definition) is 1. The van der Waals surface area contributed by atoms with Crippen molar-refractivity contribution in [3.05, 3.63) is 0 Å². The van der Waals surface area contributed by atoms with Crippen molar-refractivity contribution in [1.29, 1.82) is 0 Å². The van der Waals surface area contributed by atoms with Crippen molar-refractivity contribution < 1.29 is 19.1 Å². The minimum Gasteiger partial charge on any atom is -0.463 e. The Hall–Kier alpha value is -1.30. The van der Waals surface area contributed by atoms with E-state index in [4.69, 9.17) is 9.47 Å². The van der Waals surface area contributed by atoms with Gasteiger partial charge >= 0.3 is 12.1 Å². The highest BCUT2D eigenvalue weighted by atomic mass is 16.6. The lowest BCUT2D eigenvalue weighted by Gasteiger charge is -2.21. The van der Waals surface area contributed by atoms with Crippen molar-refractivity contribution in [2.24, 2.45) is 0 Å². The number of nitrogens with one attached hydrogen (secondary N) is 1. The maximum atomic E-state index is 11.5. The van der Waals surface area contributed by atoms with Crippen LogP contribution in [0.3, 0.4) is 0 Å². The van der Waals surface area contributed by atoms with Crippen LogP contribution in [0.5, 0.6) is 0 Å². The van der Waals surface area contributed by atoms with Crippen molar-refractivity contribution in [3.63, 3.8) is 0 Å². The van der Waals surface area contributed by atoms with Gasteiger partial charge in [-0.25, -0.2) is 9.59 Å². The number of ether oxygens (including phenoxy) is 2. The van der Waals surface area contributed by atoms with E-state index in [0.717, 1.165) is 0 Å². The van der Waals surface area contributed by atoms with Gasteiger partial charge in [0.15, 0.2) is 0 Å². The number of likely N-dealkylation sites (N-methyl/N-ethyl adjacent to an activating group) is 1. The van der Waals surface area contributed by atoms with Crippen LogP contribution in [0.2, 0.25) is 0 Å². The summed E-state index contributed by atoms with van der Waals surface area (Å²) >= 11 is 0. The molecule has 0 aliphatic carbocycles. The van der Waals surface area contributed by atoms with Gasteiger partial charge in [0, 0.05) is 6.54 Å². The molecule has 1 amide bonds. The first-order chi connectivity index (χ1) is 8.11. The van der Waals surface area contributed by atoms with Gasteiger partial charge in [-0.1, -0.05) is 0 Å². The van der Waals surface area contributed by atoms with E-state index in [2.05, 4.69) is 5.32 Å². The van der Waals surface area contributed by atoms with Gasteiger partial charge in [-0.3, -0.25) is 0 Å². The van der Waals surface area contributed by atoms with E-state index in [1.54, 1.807) is 27.7 Å². The number of amides is 1. The minimum atomic E-state index is -0.720. The average molecular weight is 260 g/mol. The molecule has 0 bridgehead atoms. The maximum Gasteiger partial charge on any atom is 0.408 e. The van der Waals surface area contributed by atoms with Crippen LogP contribution in [0.1, 0.15) is 27.7 Å². The Morgan fingerprint density at radius 1 is 1.28 bits per heavy atom. The highest BCUT2D eigenvalue weighted by Crippen LogP contribution is 2.06. The monoisotopic (exact) mass is 260 g/mol. The van der Waals surface area contributed by atoms with E-state index >= 15 is 0 Å². The fraction of sp³-hybridized carbons (Fsp3) is 0.833. The van der Waals surface area contributed by atoms with Crippen LogP contribution < -0.4 is 5.32 Å². The van der Waals surface area contributed by atoms with Crippen molar-refractivity contribution in [1.82, 2.24) is 10.2 Å². The summed E-state index contributed by atoms with van der Waals surface area (Å²) in [5.41, 5.74) is -0.585. The molecular formula is C12H24N2O4. The molecule has 106 valence electrons. The molecule has 0 saturated heterocycles. The van der Waals surface area contributed by atoms with E-state index in [-0.39, 0.29) is 0 Å². The zero-order chi connectivity index (χ0) is 14.3. The Bertz CT molecular complexity index is 284. The van der Waals surface area contributed by atoms with Crippen LogP contribution in [0, 0.1) is 0 Å². The van der Waals surface area contributed by atoms with E-state index in [0.29, 0.717) is 13.2 Å². The van der Waals surface area contributed by atoms with Crippen LogP contribution in [-0.2, 0) is 14.3 Å². The molecule has 0 spiro atoms. The highest BCUT2D eigenvalue weighted by Gasteiger charge is 2.21. The lowest BCUT2D eigenvalue weighted by molar-refractivity contribution is -0.145. The second-order valence-electron chi connectivity index (χ2n) is 5.34. The third-order valence-electron chi connectivity index (χ3n) is 1.87. The topological polar surface area (TPSA) is 67.9 Å². The molecule has 18 heavy (non-hydrogen) atoms. The number of nitrogens with zero attached hydrogens (tertiary/aromatic N) is 1. The van der Waals surface area contributed by atoms with Gasteiger partial charge in [0.25, 0.3) is 0 Å². The molecule has 0 fully saturated rings. The SMILES string of the molecule is C[C@H](NC(=O)OC(C)(C)C)C(=O)OCCN(C)C. The molecule has 1 atom stereocenters. The van der Waals surface area contributed by atoms with Crippen molar-refractivity contribution >= 4 is 12.1 Å². The lowest BCUT2D eigenvalue weighted by atomic mass is 10.2. The third-order valence-corrected chi connectivity index (χ3v) is 1.87. The molecule has 0 aromatic carbocycles. The summed E-state index contributed by atoms with van der Waals surface area (Å²) in [6.45, 7) is 7.77. The van der Waals surface area contributed by atoms with E-state index < -0.39 is 23.7 Å². The lowest BCUT2D eigenvalue weighted by Crippen LogP contribution is -2.42. The largest absolute Gasteiger partial charge is 0.463 e. The number of esters is 1. The zero-order valence-corrected chi connectivity index (χ0v) is 12.1. The van der Waals surface area contributed by atoms with E-state index in [1.165, 1.54) is 0 Å². The van der Waals surface area contributed by atoms with Gasteiger partial charge in [-0.05, 0) is 41.8 Å². The molecule has 0 aromatic heterocycles. The molecule has 0 unspecified atom stereocenters.